The molecule has 4 rings (SSSR count). The predicted molar refractivity (Wildman–Crippen MR) is 105 cm³/mol. The Morgan fingerprint density at radius 1 is 1.19 bits per heavy atom. The third kappa shape index (κ3) is 2.49. The average molecular weight is 360 g/mol. The lowest BCUT2D eigenvalue weighted by atomic mass is 9.47. The number of fused-ring (bicyclic) bond motifs is 5. The van der Waals surface area contributed by atoms with Crippen LogP contribution in [0.4, 0.5) is 0 Å². The third-order valence-electron chi connectivity index (χ3n) is 9.21. The van der Waals surface area contributed by atoms with Gasteiger partial charge in [-0.2, -0.15) is 0 Å². The van der Waals surface area contributed by atoms with E-state index in [0.29, 0.717) is 23.7 Å². The minimum absolute atomic E-state index is 0.133. The summed E-state index contributed by atoms with van der Waals surface area (Å²) < 4.78 is 0. The van der Waals surface area contributed by atoms with Crippen molar-refractivity contribution in [3.05, 3.63) is 11.6 Å². The van der Waals surface area contributed by atoms with Crippen molar-refractivity contribution in [1.29, 1.82) is 0 Å². The molecule has 0 bridgehead atoms. The number of aliphatic hydroxyl groups is 1. The van der Waals surface area contributed by atoms with Gasteiger partial charge in [0.15, 0.2) is 0 Å². The Hall–Kier alpha value is -0.670. The van der Waals surface area contributed by atoms with Crippen LogP contribution in [0, 0.1) is 34.5 Å². The van der Waals surface area contributed by atoms with Crippen molar-refractivity contribution in [2.24, 2.45) is 34.5 Å². The maximum absolute atomic E-state index is 12.6. The highest BCUT2D eigenvalue weighted by molar-refractivity contribution is 5.80. The number of aliphatic hydroxyl groups excluding tert-OH is 1. The Balaban J connectivity index is 1.69. The van der Waals surface area contributed by atoms with Gasteiger partial charge in [-0.15, -0.1) is 0 Å². The molecule has 3 fully saturated rings. The lowest BCUT2D eigenvalue weighted by Crippen LogP contribution is -2.51. The Labute approximate surface area is 159 Å². The van der Waals surface area contributed by atoms with Crippen LogP contribution < -0.4 is 0 Å². The lowest BCUT2D eigenvalue weighted by Gasteiger charge is -2.57. The van der Waals surface area contributed by atoms with Crippen molar-refractivity contribution in [2.45, 2.75) is 77.9 Å². The van der Waals surface area contributed by atoms with Crippen LogP contribution in [-0.4, -0.2) is 42.0 Å². The molecule has 0 aliphatic heterocycles. The largest absolute Gasteiger partial charge is 0.393 e. The zero-order valence-corrected chi connectivity index (χ0v) is 17.3. The summed E-state index contributed by atoms with van der Waals surface area (Å²) in [5.41, 5.74) is 1.98. The van der Waals surface area contributed by atoms with E-state index in [1.54, 1.807) is 0 Å². The molecule has 3 heteroatoms. The number of hydrogen-bond donors (Lipinski definition) is 1. The number of Topliss-reactive ketones (excluding diaryl/α,β-unsaturated/α-hetero) is 1. The molecular formula is C23H37NO2. The second kappa shape index (κ2) is 6.17. The van der Waals surface area contributed by atoms with E-state index in [2.05, 4.69) is 38.9 Å². The van der Waals surface area contributed by atoms with E-state index >= 15 is 0 Å². The molecule has 0 amide bonds. The summed E-state index contributed by atoms with van der Waals surface area (Å²) in [7, 11) is 4.31. The first-order valence-electron chi connectivity index (χ1n) is 10.7. The fourth-order valence-corrected chi connectivity index (χ4v) is 7.90. The van der Waals surface area contributed by atoms with Crippen molar-refractivity contribution in [2.75, 3.05) is 14.1 Å². The van der Waals surface area contributed by atoms with Crippen LogP contribution in [0.15, 0.2) is 11.6 Å². The Bertz CT molecular complexity index is 626. The summed E-state index contributed by atoms with van der Waals surface area (Å²) in [5.74, 6) is 2.69. The monoisotopic (exact) mass is 359 g/mol. The van der Waals surface area contributed by atoms with Crippen molar-refractivity contribution < 1.29 is 9.90 Å². The van der Waals surface area contributed by atoms with Crippen LogP contribution in [-0.2, 0) is 4.79 Å². The molecule has 0 aromatic heterocycles. The second-order valence-electron chi connectivity index (χ2n) is 10.6. The molecule has 4 aliphatic carbocycles. The molecule has 8 atom stereocenters. The van der Waals surface area contributed by atoms with E-state index in [1.165, 1.54) is 24.8 Å². The number of carbonyl (C=O) groups excluding carboxylic acids is 1. The predicted octanol–water partition coefficient (Wildman–Crippen LogP) is 4.06. The summed E-state index contributed by atoms with van der Waals surface area (Å²) in [6.07, 6.45) is 10.1. The number of carbonyl (C=O) groups is 1. The Kier molecular flexibility index (Phi) is 4.43. The number of allylic oxidation sites excluding steroid dienone is 1. The molecule has 0 saturated heterocycles. The molecule has 26 heavy (non-hydrogen) atoms. The van der Waals surface area contributed by atoms with Crippen LogP contribution in [0.25, 0.3) is 0 Å². The summed E-state index contributed by atoms with van der Waals surface area (Å²) in [5, 5.41) is 10.2. The molecule has 0 unspecified atom stereocenters. The van der Waals surface area contributed by atoms with E-state index in [1.807, 2.05) is 6.92 Å². The van der Waals surface area contributed by atoms with Gasteiger partial charge in [-0.25, -0.2) is 0 Å². The van der Waals surface area contributed by atoms with Crippen molar-refractivity contribution in [3.63, 3.8) is 0 Å². The smallest absolute Gasteiger partial charge is 0.135 e. The molecule has 0 heterocycles. The van der Waals surface area contributed by atoms with Crippen molar-refractivity contribution in [1.82, 2.24) is 4.90 Å². The summed E-state index contributed by atoms with van der Waals surface area (Å²) in [4.78, 5) is 15.0. The molecule has 146 valence electrons. The summed E-state index contributed by atoms with van der Waals surface area (Å²) in [6.45, 7) is 6.73. The van der Waals surface area contributed by atoms with Crippen LogP contribution in [0.5, 0.6) is 0 Å². The fraction of sp³-hybridized carbons (Fsp3) is 0.870. The molecule has 0 aromatic rings. The Morgan fingerprint density at radius 2 is 1.92 bits per heavy atom. The first kappa shape index (κ1) is 18.7. The quantitative estimate of drug-likeness (QED) is 0.756. The first-order valence-corrected chi connectivity index (χ1v) is 10.7. The fourth-order valence-electron chi connectivity index (χ4n) is 7.90. The standard InChI is InChI=1S/C23H37NO2/c1-14(25)21-20(24(4)5)13-19-17-7-6-15-12-16(26)8-10-22(15,2)18(17)9-11-23(19,21)3/h6,16-21,26H,7-13H2,1-5H3/t16-,17+,18-,19+,20-,21-,22-,23-/m0/s1. The SMILES string of the molecule is CC(=O)[C@H]1[C@@H](N(C)C)C[C@@H]2[C@@H]3CC=C4C[C@@H](O)CC[C@]4(C)[C@H]3CC[C@@]21C. The lowest BCUT2D eigenvalue weighted by molar-refractivity contribution is -0.129. The van der Waals surface area contributed by atoms with Gasteiger partial charge >= 0.3 is 0 Å². The van der Waals surface area contributed by atoms with Crippen LogP contribution in [0.1, 0.15) is 65.7 Å². The van der Waals surface area contributed by atoms with Gasteiger partial charge in [-0.3, -0.25) is 4.79 Å². The molecule has 0 aromatic carbocycles. The van der Waals surface area contributed by atoms with Crippen LogP contribution >= 0.6 is 0 Å². The normalized spacial score (nSPS) is 50.7. The van der Waals surface area contributed by atoms with Gasteiger partial charge in [0.1, 0.15) is 5.78 Å². The van der Waals surface area contributed by atoms with E-state index in [9.17, 15) is 9.90 Å². The van der Waals surface area contributed by atoms with Gasteiger partial charge in [0, 0.05) is 12.0 Å². The number of nitrogens with zero attached hydrogens (tertiary/aromatic N) is 1. The zero-order valence-electron chi connectivity index (χ0n) is 17.3. The molecule has 1 N–H and O–H groups in total. The molecule has 3 saturated carbocycles. The number of ketones is 1. The van der Waals surface area contributed by atoms with Gasteiger partial charge in [-0.1, -0.05) is 25.5 Å². The van der Waals surface area contributed by atoms with Gasteiger partial charge in [0.05, 0.1) is 6.10 Å². The molecule has 3 nitrogen and oxygen atoms in total. The second-order valence-corrected chi connectivity index (χ2v) is 10.6. The minimum atomic E-state index is -0.133. The highest BCUT2D eigenvalue weighted by Crippen LogP contribution is 2.66. The van der Waals surface area contributed by atoms with E-state index in [4.69, 9.17) is 0 Å². The highest BCUT2D eigenvalue weighted by Gasteiger charge is 2.62. The number of rotatable bonds is 2. The van der Waals surface area contributed by atoms with Crippen LogP contribution in [0.3, 0.4) is 0 Å². The molecule has 4 aliphatic rings. The summed E-state index contributed by atoms with van der Waals surface area (Å²) in [6, 6.07) is 0.396. The van der Waals surface area contributed by atoms with Crippen molar-refractivity contribution >= 4 is 5.78 Å². The highest BCUT2D eigenvalue weighted by atomic mass is 16.3. The molecule has 0 radical (unpaired) electrons. The van der Waals surface area contributed by atoms with E-state index in [-0.39, 0.29) is 22.9 Å². The van der Waals surface area contributed by atoms with Crippen LogP contribution in [0.2, 0.25) is 0 Å². The van der Waals surface area contributed by atoms with Gasteiger partial charge < -0.3 is 10.0 Å². The Morgan fingerprint density at radius 3 is 2.58 bits per heavy atom. The maximum Gasteiger partial charge on any atom is 0.135 e. The van der Waals surface area contributed by atoms with E-state index in [0.717, 1.165) is 31.6 Å². The average Bonchev–Trinajstić information content (AvgIpc) is 2.89. The summed E-state index contributed by atoms with van der Waals surface area (Å²) >= 11 is 0. The first-order chi connectivity index (χ1) is 12.2. The molecular weight excluding hydrogens is 322 g/mol. The maximum atomic E-state index is 12.6. The number of hydrogen-bond acceptors (Lipinski definition) is 3. The van der Waals surface area contributed by atoms with E-state index < -0.39 is 0 Å². The van der Waals surface area contributed by atoms with Crippen molar-refractivity contribution in [3.8, 4) is 0 Å². The van der Waals surface area contributed by atoms with Gasteiger partial charge in [0.2, 0.25) is 0 Å². The minimum Gasteiger partial charge on any atom is -0.393 e. The third-order valence-corrected chi connectivity index (χ3v) is 9.21. The topological polar surface area (TPSA) is 40.5 Å². The zero-order chi connectivity index (χ0) is 18.9. The molecule has 0 spiro atoms. The van der Waals surface area contributed by atoms with Gasteiger partial charge in [-0.05, 0) is 94.5 Å². The van der Waals surface area contributed by atoms with Gasteiger partial charge in [0.25, 0.3) is 0 Å².